The molecule has 0 aliphatic carbocycles. The Labute approximate surface area is 108 Å². The van der Waals surface area contributed by atoms with Crippen molar-refractivity contribution in [2.24, 2.45) is 5.73 Å². The highest BCUT2D eigenvalue weighted by molar-refractivity contribution is 5.70. The summed E-state index contributed by atoms with van der Waals surface area (Å²) in [7, 11) is 1.61. The fourth-order valence-corrected chi connectivity index (χ4v) is 2.09. The van der Waals surface area contributed by atoms with Crippen LogP contribution in [0.25, 0.3) is 0 Å². The van der Waals surface area contributed by atoms with Gasteiger partial charge >= 0.3 is 5.97 Å². The van der Waals surface area contributed by atoms with Crippen LogP contribution in [0.2, 0.25) is 0 Å². The molecule has 4 nitrogen and oxygen atoms in total. The highest BCUT2D eigenvalue weighted by atomic mass is 16.5. The maximum absolute atomic E-state index is 11.5. The van der Waals surface area contributed by atoms with Crippen LogP contribution < -0.4 is 10.5 Å². The van der Waals surface area contributed by atoms with Crippen LogP contribution in [0.3, 0.4) is 0 Å². The van der Waals surface area contributed by atoms with Gasteiger partial charge in [0, 0.05) is 11.6 Å². The second-order valence-corrected chi connectivity index (χ2v) is 4.31. The van der Waals surface area contributed by atoms with Crippen molar-refractivity contribution in [2.45, 2.75) is 33.2 Å². The zero-order valence-electron chi connectivity index (χ0n) is 11.4. The Balaban J connectivity index is 2.97. The lowest BCUT2D eigenvalue weighted by Gasteiger charge is -2.18. The van der Waals surface area contributed by atoms with Gasteiger partial charge in [-0.05, 0) is 38.0 Å². The minimum Gasteiger partial charge on any atom is -0.496 e. The minimum absolute atomic E-state index is 0.161. The molecule has 4 heteroatoms. The van der Waals surface area contributed by atoms with Crippen LogP contribution in [-0.2, 0) is 9.53 Å². The SMILES string of the molecule is CCOC(=O)CC(N)c1c(C)cc(C)cc1OC. The summed E-state index contributed by atoms with van der Waals surface area (Å²) in [6.07, 6.45) is 0.161. The van der Waals surface area contributed by atoms with Gasteiger partial charge in [0.1, 0.15) is 5.75 Å². The van der Waals surface area contributed by atoms with Crippen LogP contribution in [0.5, 0.6) is 5.75 Å². The largest absolute Gasteiger partial charge is 0.496 e. The zero-order valence-corrected chi connectivity index (χ0v) is 11.4. The number of ether oxygens (including phenoxy) is 2. The Morgan fingerprint density at radius 1 is 1.39 bits per heavy atom. The first-order chi connectivity index (χ1) is 8.49. The number of carbonyl (C=O) groups excluding carboxylic acids is 1. The number of rotatable bonds is 5. The molecule has 0 fully saturated rings. The van der Waals surface area contributed by atoms with E-state index in [0.717, 1.165) is 22.4 Å². The van der Waals surface area contributed by atoms with Gasteiger partial charge in [-0.3, -0.25) is 4.79 Å². The van der Waals surface area contributed by atoms with Crippen molar-refractivity contribution >= 4 is 5.97 Å². The number of methoxy groups -OCH3 is 1. The fraction of sp³-hybridized carbons (Fsp3) is 0.500. The molecule has 0 radical (unpaired) electrons. The second-order valence-electron chi connectivity index (χ2n) is 4.31. The number of hydrogen-bond acceptors (Lipinski definition) is 4. The molecular weight excluding hydrogens is 230 g/mol. The van der Waals surface area contributed by atoms with E-state index in [1.165, 1.54) is 0 Å². The molecule has 1 rings (SSSR count). The molecule has 0 saturated heterocycles. The molecule has 1 aromatic rings. The van der Waals surface area contributed by atoms with Gasteiger partial charge in [-0.2, -0.15) is 0 Å². The van der Waals surface area contributed by atoms with E-state index in [1.807, 2.05) is 26.0 Å². The van der Waals surface area contributed by atoms with E-state index in [9.17, 15) is 4.79 Å². The van der Waals surface area contributed by atoms with Crippen LogP contribution in [0.1, 0.15) is 36.1 Å². The number of nitrogens with two attached hydrogens (primary N) is 1. The van der Waals surface area contributed by atoms with E-state index in [-0.39, 0.29) is 12.4 Å². The number of carbonyl (C=O) groups is 1. The summed E-state index contributed by atoms with van der Waals surface area (Å²) in [6.45, 7) is 6.11. The van der Waals surface area contributed by atoms with E-state index in [2.05, 4.69) is 0 Å². The van der Waals surface area contributed by atoms with Crippen LogP contribution in [-0.4, -0.2) is 19.7 Å². The average Bonchev–Trinajstić information content (AvgIpc) is 2.27. The highest BCUT2D eigenvalue weighted by Crippen LogP contribution is 2.30. The molecule has 2 N–H and O–H groups in total. The van der Waals surface area contributed by atoms with Gasteiger partial charge in [-0.15, -0.1) is 0 Å². The van der Waals surface area contributed by atoms with E-state index < -0.39 is 6.04 Å². The lowest BCUT2D eigenvalue weighted by atomic mass is 9.96. The maximum Gasteiger partial charge on any atom is 0.307 e. The van der Waals surface area contributed by atoms with Gasteiger partial charge in [0.25, 0.3) is 0 Å². The average molecular weight is 251 g/mol. The quantitative estimate of drug-likeness (QED) is 0.815. The lowest BCUT2D eigenvalue weighted by molar-refractivity contribution is -0.143. The smallest absolute Gasteiger partial charge is 0.307 e. The van der Waals surface area contributed by atoms with Crippen molar-refractivity contribution in [3.05, 3.63) is 28.8 Å². The van der Waals surface area contributed by atoms with Crippen molar-refractivity contribution in [2.75, 3.05) is 13.7 Å². The highest BCUT2D eigenvalue weighted by Gasteiger charge is 2.19. The van der Waals surface area contributed by atoms with Crippen molar-refractivity contribution < 1.29 is 14.3 Å². The van der Waals surface area contributed by atoms with Crippen molar-refractivity contribution in [1.29, 1.82) is 0 Å². The van der Waals surface area contributed by atoms with Crippen molar-refractivity contribution in [1.82, 2.24) is 0 Å². The molecule has 1 unspecified atom stereocenters. The van der Waals surface area contributed by atoms with Crippen molar-refractivity contribution in [3.63, 3.8) is 0 Å². The van der Waals surface area contributed by atoms with Crippen molar-refractivity contribution in [3.8, 4) is 5.75 Å². The van der Waals surface area contributed by atoms with E-state index >= 15 is 0 Å². The van der Waals surface area contributed by atoms with Gasteiger partial charge in [0.05, 0.1) is 20.1 Å². The van der Waals surface area contributed by atoms with E-state index in [1.54, 1.807) is 14.0 Å². The Kier molecular flexibility index (Phi) is 5.16. The molecule has 1 aromatic carbocycles. The Hall–Kier alpha value is -1.55. The third-order valence-electron chi connectivity index (χ3n) is 2.78. The molecular formula is C14H21NO3. The molecule has 0 saturated carbocycles. The minimum atomic E-state index is -0.403. The monoisotopic (exact) mass is 251 g/mol. The normalized spacial score (nSPS) is 12.1. The lowest BCUT2D eigenvalue weighted by Crippen LogP contribution is -2.19. The molecule has 18 heavy (non-hydrogen) atoms. The summed E-state index contributed by atoms with van der Waals surface area (Å²) < 4.78 is 10.2. The van der Waals surface area contributed by atoms with Crippen LogP contribution in [0, 0.1) is 13.8 Å². The Morgan fingerprint density at radius 3 is 2.61 bits per heavy atom. The summed E-state index contributed by atoms with van der Waals surface area (Å²) in [5, 5.41) is 0. The number of esters is 1. The summed E-state index contributed by atoms with van der Waals surface area (Å²) in [5.41, 5.74) is 9.08. The van der Waals surface area contributed by atoms with Crippen LogP contribution >= 0.6 is 0 Å². The maximum atomic E-state index is 11.5. The molecule has 0 aliphatic heterocycles. The summed E-state index contributed by atoms with van der Waals surface area (Å²) in [5.74, 6) is 0.441. The first-order valence-electron chi connectivity index (χ1n) is 6.05. The summed E-state index contributed by atoms with van der Waals surface area (Å²) >= 11 is 0. The standard InChI is InChI=1S/C14H21NO3/c1-5-18-13(16)8-11(15)14-10(3)6-9(2)7-12(14)17-4/h6-7,11H,5,8,15H2,1-4H3. The summed E-state index contributed by atoms with van der Waals surface area (Å²) in [6, 6.07) is 3.55. The van der Waals surface area contributed by atoms with Gasteiger partial charge in [0.15, 0.2) is 0 Å². The topological polar surface area (TPSA) is 61.5 Å². The predicted octanol–water partition coefficient (Wildman–Crippen LogP) is 2.27. The molecule has 0 spiro atoms. The van der Waals surface area contributed by atoms with Crippen LogP contribution in [0.4, 0.5) is 0 Å². The van der Waals surface area contributed by atoms with Gasteiger partial charge in [0.2, 0.25) is 0 Å². The molecule has 0 aliphatic rings. The van der Waals surface area contributed by atoms with E-state index in [0.29, 0.717) is 6.61 Å². The van der Waals surface area contributed by atoms with E-state index in [4.69, 9.17) is 15.2 Å². The molecule has 0 amide bonds. The Bertz CT molecular complexity index is 429. The summed E-state index contributed by atoms with van der Waals surface area (Å²) in [4.78, 5) is 11.5. The van der Waals surface area contributed by atoms with Crippen LogP contribution in [0.15, 0.2) is 12.1 Å². The third kappa shape index (κ3) is 3.47. The molecule has 0 bridgehead atoms. The third-order valence-corrected chi connectivity index (χ3v) is 2.78. The second kappa shape index (κ2) is 6.40. The number of benzene rings is 1. The molecule has 0 heterocycles. The number of hydrogen-bond donors (Lipinski definition) is 1. The predicted molar refractivity (Wildman–Crippen MR) is 70.6 cm³/mol. The molecule has 1 atom stereocenters. The van der Waals surface area contributed by atoms with Gasteiger partial charge < -0.3 is 15.2 Å². The first kappa shape index (κ1) is 14.5. The first-order valence-corrected chi connectivity index (χ1v) is 6.05. The fourth-order valence-electron chi connectivity index (χ4n) is 2.09. The number of aryl methyl sites for hydroxylation is 2. The van der Waals surface area contributed by atoms with Gasteiger partial charge in [-0.1, -0.05) is 6.07 Å². The Morgan fingerprint density at radius 2 is 2.06 bits per heavy atom. The molecule has 100 valence electrons. The molecule has 0 aromatic heterocycles. The van der Waals surface area contributed by atoms with Gasteiger partial charge in [-0.25, -0.2) is 0 Å². The zero-order chi connectivity index (χ0) is 13.7.